The number of nitrogens with zero attached hydrogens (tertiary/aromatic N) is 2. The fraction of sp³-hybridized carbons (Fsp3) is 0.115. The van der Waals surface area contributed by atoms with E-state index in [2.05, 4.69) is 16.3 Å². The Morgan fingerprint density at radius 1 is 1.15 bits per heavy atom. The predicted molar refractivity (Wildman–Crippen MR) is 126 cm³/mol. The number of benzene rings is 3. The van der Waals surface area contributed by atoms with Crippen LogP contribution in [-0.4, -0.2) is 30.7 Å². The fourth-order valence-electron chi connectivity index (χ4n) is 4.47. The molecule has 8 nitrogen and oxygen atoms in total. The number of carbonyl (C=O) groups is 1. The zero-order valence-corrected chi connectivity index (χ0v) is 18.5. The first-order valence-corrected chi connectivity index (χ1v) is 10.5. The molecule has 3 N–H and O–H groups in total. The van der Waals surface area contributed by atoms with E-state index < -0.39 is 5.92 Å². The van der Waals surface area contributed by atoms with Gasteiger partial charge in [0.1, 0.15) is 23.1 Å². The van der Waals surface area contributed by atoms with E-state index in [4.69, 9.17) is 19.9 Å². The number of H-pyrrole nitrogens is 1. The molecule has 0 radical (unpaired) electrons. The standard InChI is InChI=1S/C26H20N4O4/c1-32-15-8-10-21(33-2)18(11-15)22-19(12-27)25(28)34-26-23(22)24(29-30-26)17-9-7-14-5-3-4-6-16(14)20(17)13-31/h3-11,13,22H,28H2,1-2H3,(H,29,30). The second-order valence-electron chi connectivity index (χ2n) is 7.72. The van der Waals surface area contributed by atoms with Gasteiger partial charge in [-0.15, -0.1) is 5.10 Å². The molecule has 34 heavy (non-hydrogen) atoms. The van der Waals surface area contributed by atoms with Crippen LogP contribution in [0, 0.1) is 11.3 Å². The molecule has 0 aliphatic carbocycles. The fourth-order valence-corrected chi connectivity index (χ4v) is 4.47. The minimum absolute atomic E-state index is 0.0444. The van der Waals surface area contributed by atoms with Crippen LogP contribution in [0.4, 0.5) is 0 Å². The second-order valence-corrected chi connectivity index (χ2v) is 7.72. The maximum absolute atomic E-state index is 12.2. The van der Waals surface area contributed by atoms with E-state index in [1.165, 1.54) is 0 Å². The minimum Gasteiger partial charge on any atom is -0.497 e. The Hall–Kier alpha value is -4.77. The summed E-state index contributed by atoms with van der Waals surface area (Å²) in [5.74, 6) is 0.645. The van der Waals surface area contributed by atoms with Crippen LogP contribution < -0.4 is 19.9 Å². The lowest BCUT2D eigenvalue weighted by Crippen LogP contribution is -2.21. The minimum atomic E-state index is -0.668. The number of aldehydes is 1. The number of methoxy groups -OCH3 is 2. The molecule has 168 valence electrons. The van der Waals surface area contributed by atoms with E-state index >= 15 is 0 Å². The molecule has 5 rings (SSSR count). The molecular weight excluding hydrogens is 432 g/mol. The van der Waals surface area contributed by atoms with Gasteiger partial charge in [0.05, 0.1) is 31.4 Å². The number of allylic oxidation sites excluding steroid dienone is 1. The number of nitrogens with one attached hydrogen (secondary N) is 1. The van der Waals surface area contributed by atoms with Gasteiger partial charge in [-0.25, -0.2) is 0 Å². The Bertz CT molecular complexity index is 1510. The number of aromatic amines is 1. The summed E-state index contributed by atoms with van der Waals surface area (Å²) in [6.45, 7) is 0. The molecule has 0 saturated carbocycles. The molecule has 0 saturated heterocycles. The van der Waals surface area contributed by atoms with Gasteiger partial charge in [0.2, 0.25) is 11.8 Å². The highest BCUT2D eigenvalue weighted by molar-refractivity contribution is 6.04. The van der Waals surface area contributed by atoms with Crippen molar-refractivity contribution in [2.24, 2.45) is 5.73 Å². The summed E-state index contributed by atoms with van der Waals surface area (Å²) >= 11 is 0. The molecule has 1 aliphatic heterocycles. The van der Waals surface area contributed by atoms with Crippen LogP contribution in [0.3, 0.4) is 0 Å². The van der Waals surface area contributed by atoms with Gasteiger partial charge in [-0.05, 0) is 29.0 Å². The maximum Gasteiger partial charge on any atom is 0.244 e. The van der Waals surface area contributed by atoms with Gasteiger partial charge in [0.25, 0.3) is 0 Å². The molecule has 3 aromatic carbocycles. The first-order valence-electron chi connectivity index (χ1n) is 10.5. The Morgan fingerprint density at radius 2 is 1.97 bits per heavy atom. The molecule has 1 atom stereocenters. The summed E-state index contributed by atoms with van der Waals surface area (Å²) in [5, 5.41) is 19.1. The average Bonchev–Trinajstić information content (AvgIpc) is 3.29. The number of nitrogens with two attached hydrogens (primary N) is 1. The van der Waals surface area contributed by atoms with Gasteiger partial charge >= 0.3 is 0 Å². The van der Waals surface area contributed by atoms with E-state index in [1.54, 1.807) is 32.4 Å². The monoisotopic (exact) mass is 452 g/mol. The topological polar surface area (TPSA) is 123 Å². The predicted octanol–water partition coefficient (Wildman–Crippen LogP) is 4.28. The van der Waals surface area contributed by atoms with Gasteiger partial charge in [-0.2, -0.15) is 5.26 Å². The van der Waals surface area contributed by atoms with Crippen LogP contribution in [0.1, 0.15) is 27.4 Å². The van der Waals surface area contributed by atoms with Crippen molar-refractivity contribution in [2.45, 2.75) is 5.92 Å². The summed E-state index contributed by atoms with van der Waals surface area (Å²) in [6, 6.07) is 18.9. The number of hydrogen-bond donors (Lipinski definition) is 2. The summed E-state index contributed by atoms with van der Waals surface area (Å²) in [6.07, 6.45) is 0.825. The third-order valence-electron chi connectivity index (χ3n) is 6.04. The molecule has 8 heteroatoms. The first-order chi connectivity index (χ1) is 16.6. The number of hydrogen-bond acceptors (Lipinski definition) is 7. The van der Waals surface area contributed by atoms with E-state index in [-0.39, 0.29) is 17.3 Å². The van der Waals surface area contributed by atoms with Crippen molar-refractivity contribution in [1.82, 2.24) is 10.2 Å². The molecule has 0 fully saturated rings. The molecule has 1 aliphatic rings. The lowest BCUT2D eigenvalue weighted by molar-refractivity contribution is 0.112. The van der Waals surface area contributed by atoms with Crippen LogP contribution in [0.15, 0.2) is 66.1 Å². The van der Waals surface area contributed by atoms with Crippen molar-refractivity contribution < 1.29 is 19.0 Å². The molecular formula is C26H20N4O4. The van der Waals surface area contributed by atoms with Crippen molar-refractivity contribution in [3.63, 3.8) is 0 Å². The quantitative estimate of drug-likeness (QED) is 0.433. The number of nitriles is 1. The van der Waals surface area contributed by atoms with Crippen molar-refractivity contribution in [2.75, 3.05) is 14.2 Å². The van der Waals surface area contributed by atoms with Gasteiger partial charge in [-0.3, -0.25) is 9.89 Å². The highest BCUT2D eigenvalue weighted by Gasteiger charge is 2.37. The molecule has 4 aromatic rings. The lowest BCUT2D eigenvalue weighted by atomic mass is 9.81. The number of ether oxygens (including phenoxy) is 3. The van der Waals surface area contributed by atoms with Gasteiger partial charge < -0.3 is 19.9 Å². The van der Waals surface area contributed by atoms with Gasteiger partial charge in [-0.1, -0.05) is 36.4 Å². The van der Waals surface area contributed by atoms with Gasteiger partial charge in [0, 0.05) is 16.7 Å². The van der Waals surface area contributed by atoms with E-state index in [0.29, 0.717) is 39.4 Å². The van der Waals surface area contributed by atoms with Crippen molar-refractivity contribution >= 4 is 17.1 Å². The summed E-state index contributed by atoms with van der Waals surface area (Å²) in [4.78, 5) is 12.2. The molecule has 0 amide bonds. The van der Waals surface area contributed by atoms with Crippen molar-refractivity contribution in [1.29, 1.82) is 5.26 Å². The third kappa shape index (κ3) is 3.14. The molecule has 1 aromatic heterocycles. The van der Waals surface area contributed by atoms with E-state index in [9.17, 15) is 10.1 Å². The van der Waals surface area contributed by atoms with Crippen molar-refractivity contribution in [3.05, 3.63) is 82.7 Å². The Balaban J connectivity index is 1.82. The number of carbonyl (C=O) groups excluding carboxylic acids is 1. The second kappa shape index (κ2) is 8.30. The lowest BCUT2D eigenvalue weighted by Gasteiger charge is -2.26. The Kier molecular flexibility index (Phi) is 5.15. The summed E-state index contributed by atoms with van der Waals surface area (Å²) in [5.41, 5.74) is 9.25. The summed E-state index contributed by atoms with van der Waals surface area (Å²) in [7, 11) is 3.11. The van der Waals surface area contributed by atoms with Crippen LogP contribution >= 0.6 is 0 Å². The number of rotatable bonds is 5. The van der Waals surface area contributed by atoms with Crippen LogP contribution in [0.2, 0.25) is 0 Å². The molecule has 0 spiro atoms. The molecule has 0 bridgehead atoms. The highest BCUT2D eigenvalue weighted by atomic mass is 16.5. The average molecular weight is 452 g/mol. The van der Waals surface area contributed by atoms with Crippen LogP contribution in [0.25, 0.3) is 22.0 Å². The first kappa shape index (κ1) is 21.1. The summed E-state index contributed by atoms with van der Waals surface area (Å²) < 4.78 is 16.7. The van der Waals surface area contributed by atoms with Crippen LogP contribution in [0.5, 0.6) is 17.4 Å². The SMILES string of the molecule is COc1ccc(OC)c(C2C(C#N)=C(N)Oc3n[nH]c(-c4ccc5ccccc5c4C=O)c32)c1. The Morgan fingerprint density at radius 3 is 2.71 bits per heavy atom. The van der Waals surface area contributed by atoms with E-state index in [0.717, 1.165) is 17.1 Å². The maximum atomic E-state index is 12.2. The van der Waals surface area contributed by atoms with Gasteiger partial charge in [0.15, 0.2) is 6.29 Å². The van der Waals surface area contributed by atoms with Crippen molar-refractivity contribution in [3.8, 4) is 34.7 Å². The molecule has 2 heterocycles. The number of aromatic nitrogens is 2. The molecule has 1 unspecified atom stereocenters. The zero-order valence-electron chi connectivity index (χ0n) is 18.5. The zero-order chi connectivity index (χ0) is 23.8. The highest BCUT2D eigenvalue weighted by Crippen LogP contribution is 2.49. The largest absolute Gasteiger partial charge is 0.497 e. The number of fused-ring (bicyclic) bond motifs is 2. The Labute approximate surface area is 195 Å². The smallest absolute Gasteiger partial charge is 0.244 e. The van der Waals surface area contributed by atoms with Crippen LogP contribution in [-0.2, 0) is 0 Å². The normalized spacial score (nSPS) is 14.8. The van der Waals surface area contributed by atoms with E-state index in [1.807, 2.05) is 36.4 Å². The third-order valence-corrected chi connectivity index (χ3v) is 6.04.